The van der Waals surface area contributed by atoms with Crippen LogP contribution in [0, 0.1) is 0 Å². The first-order valence-electron chi connectivity index (χ1n) is 7.82. The number of halogens is 2. The maximum atomic E-state index is 12.2. The summed E-state index contributed by atoms with van der Waals surface area (Å²) < 4.78 is 0. The summed E-state index contributed by atoms with van der Waals surface area (Å²) in [7, 11) is 0. The van der Waals surface area contributed by atoms with Crippen molar-refractivity contribution in [2.75, 3.05) is 0 Å². The quantitative estimate of drug-likeness (QED) is 0.534. The number of fused-ring (bicyclic) bond motifs is 1. The number of carbonyl (C=O) groups is 1. The molecule has 1 saturated heterocycles. The van der Waals surface area contributed by atoms with E-state index in [1.54, 1.807) is 24.3 Å². The molecular weight excluding hydrogens is 387 g/mol. The van der Waals surface area contributed by atoms with Crippen LogP contribution in [0.4, 0.5) is 5.69 Å². The lowest BCUT2D eigenvalue weighted by molar-refractivity contribution is -0.115. The van der Waals surface area contributed by atoms with E-state index in [0.717, 1.165) is 22.0 Å². The molecule has 6 heteroatoms. The Balaban J connectivity index is 1.62. The summed E-state index contributed by atoms with van der Waals surface area (Å²) in [5, 5.41) is 6.64. The second-order valence-corrected chi connectivity index (χ2v) is 7.55. The van der Waals surface area contributed by atoms with Crippen LogP contribution in [0.5, 0.6) is 0 Å². The van der Waals surface area contributed by atoms with Gasteiger partial charge >= 0.3 is 0 Å². The normalized spacial score (nSPS) is 17.2. The minimum atomic E-state index is -0.194. The molecule has 1 heterocycles. The minimum Gasteiger partial charge on any atom is -0.300 e. The molecule has 3 aromatic carbocycles. The van der Waals surface area contributed by atoms with Crippen LogP contribution >= 0.6 is 35.0 Å². The molecule has 1 amide bonds. The zero-order chi connectivity index (χ0) is 18.1. The highest BCUT2D eigenvalue weighted by Crippen LogP contribution is 2.31. The topological polar surface area (TPSA) is 41.5 Å². The highest BCUT2D eigenvalue weighted by Gasteiger charge is 2.24. The molecule has 0 aromatic heterocycles. The van der Waals surface area contributed by atoms with Crippen molar-refractivity contribution in [3.05, 3.63) is 81.2 Å². The number of rotatable bonds is 2. The van der Waals surface area contributed by atoms with E-state index in [9.17, 15) is 4.79 Å². The Kier molecular flexibility index (Phi) is 4.72. The van der Waals surface area contributed by atoms with Gasteiger partial charge in [-0.2, -0.15) is 0 Å². The summed E-state index contributed by atoms with van der Waals surface area (Å²) >= 11 is 13.4. The fraction of sp³-hybridized carbons (Fsp3) is 0. The number of nitrogens with one attached hydrogen (secondary N) is 1. The van der Waals surface area contributed by atoms with E-state index in [4.69, 9.17) is 23.2 Å². The number of carbonyl (C=O) groups excluding carboxylic acids is 1. The van der Waals surface area contributed by atoms with Gasteiger partial charge in [0.25, 0.3) is 5.91 Å². The molecule has 0 saturated carbocycles. The molecule has 3 nitrogen and oxygen atoms in total. The SMILES string of the molecule is O=C1NC(=Nc2ccc3ccccc3c2)S/C1=C\c1ccc(Cl)cc1Cl. The monoisotopic (exact) mass is 398 g/mol. The van der Waals surface area contributed by atoms with E-state index in [2.05, 4.69) is 16.4 Å². The third-order valence-electron chi connectivity index (χ3n) is 3.86. The molecule has 128 valence electrons. The van der Waals surface area contributed by atoms with Crippen molar-refractivity contribution in [3.63, 3.8) is 0 Å². The first-order valence-corrected chi connectivity index (χ1v) is 9.39. The van der Waals surface area contributed by atoms with Crippen molar-refractivity contribution in [1.82, 2.24) is 5.32 Å². The van der Waals surface area contributed by atoms with Gasteiger partial charge in [0.2, 0.25) is 0 Å². The molecule has 0 atom stereocenters. The number of nitrogens with zero attached hydrogens (tertiary/aromatic N) is 1. The molecule has 0 radical (unpaired) electrons. The zero-order valence-corrected chi connectivity index (χ0v) is 15.7. The Morgan fingerprint density at radius 2 is 1.77 bits per heavy atom. The molecule has 1 fully saturated rings. The van der Waals surface area contributed by atoms with Crippen molar-refractivity contribution < 1.29 is 4.79 Å². The fourth-order valence-corrected chi connectivity index (χ4v) is 3.90. The average molecular weight is 399 g/mol. The Labute approximate surface area is 164 Å². The van der Waals surface area contributed by atoms with Gasteiger partial charge in [0.15, 0.2) is 5.17 Å². The average Bonchev–Trinajstić information content (AvgIpc) is 2.96. The van der Waals surface area contributed by atoms with Gasteiger partial charge in [-0.3, -0.25) is 4.79 Å². The van der Waals surface area contributed by atoms with Crippen molar-refractivity contribution in [2.24, 2.45) is 4.99 Å². The molecule has 0 spiro atoms. The van der Waals surface area contributed by atoms with E-state index in [0.29, 0.717) is 20.1 Å². The molecule has 0 unspecified atom stereocenters. The van der Waals surface area contributed by atoms with Crippen molar-refractivity contribution in [2.45, 2.75) is 0 Å². The summed E-state index contributed by atoms with van der Waals surface area (Å²) in [5.41, 5.74) is 1.53. The number of amidine groups is 1. The summed E-state index contributed by atoms with van der Waals surface area (Å²) in [6.45, 7) is 0. The van der Waals surface area contributed by atoms with Crippen LogP contribution in [0.15, 0.2) is 70.6 Å². The van der Waals surface area contributed by atoms with E-state index < -0.39 is 0 Å². The first-order chi connectivity index (χ1) is 12.6. The lowest BCUT2D eigenvalue weighted by Crippen LogP contribution is -2.19. The van der Waals surface area contributed by atoms with Gasteiger partial charge in [0.1, 0.15) is 0 Å². The van der Waals surface area contributed by atoms with Crippen molar-refractivity contribution >= 4 is 68.6 Å². The standard InChI is InChI=1S/C20H12Cl2N2OS/c21-15-7-5-14(17(22)11-15)10-18-19(25)24-20(26-18)23-16-8-6-12-3-1-2-4-13(12)9-16/h1-11H,(H,23,24,25)/b18-10-. The zero-order valence-electron chi connectivity index (χ0n) is 13.4. The Bertz CT molecular complexity index is 1090. The van der Waals surface area contributed by atoms with Crippen LogP contribution in [0.3, 0.4) is 0 Å². The predicted octanol–water partition coefficient (Wildman–Crippen LogP) is 6.04. The van der Waals surface area contributed by atoms with Gasteiger partial charge < -0.3 is 5.32 Å². The van der Waals surface area contributed by atoms with E-state index in [-0.39, 0.29) is 5.91 Å². The molecule has 1 aliphatic rings. The van der Waals surface area contributed by atoms with Crippen LogP contribution in [0.1, 0.15) is 5.56 Å². The van der Waals surface area contributed by atoms with Crippen LogP contribution in [0.2, 0.25) is 10.0 Å². The molecule has 1 N–H and O–H groups in total. The number of hydrogen-bond acceptors (Lipinski definition) is 3. The van der Waals surface area contributed by atoms with Crippen LogP contribution in [-0.2, 0) is 4.79 Å². The first kappa shape index (κ1) is 17.2. The van der Waals surface area contributed by atoms with Crippen LogP contribution in [-0.4, -0.2) is 11.1 Å². The minimum absolute atomic E-state index is 0.194. The van der Waals surface area contributed by atoms with E-state index >= 15 is 0 Å². The number of benzene rings is 3. The fourth-order valence-electron chi connectivity index (χ4n) is 2.60. The number of aliphatic imine (C=N–C) groups is 1. The predicted molar refractivity (Wildman–Crippen MR) is 111 cm³/mol. The Morgan fingerprint density at radius 3 is 2.58 bits per heavy atom. The second kappa shape index (κ2) is 7.16. The van der Waals surface area contributed by atoms with E-state index in [1.165, 1.54) is 11.8 Å². The molecule has 0 bridgehead atoms. The third-order valence-corrected chi connectivity index (χ3v) is 5.34. The van der Waals surface area contributed by atoms with Crippen molar-refractivity contribution in [3.8, 4) is 0 Å². The lowest BCUT2D eigenvalue weighted by atomic mass is 10.1. The highest BCUT2D eigenvalue weighted by atomic mass is 35.5. The van der Waals surface area contributed by atoms with Crippen molar-refractivity contribution in [1.29, 1.82) is 0 Å². The molecule has 1 aliphatic heterocycles. The Morgan fingerprint density at radius 1 is 0.962 bits per heavy atom. The van der Waals surface area contributed by atoms with Gasteiger partial charge in [0, 0.05) is 10.0 Å². The smallest absolute Gasteiger partial charge is 0.264 e. The summed E-state index contributed by atoms with van der Waals surface area (Å²) in [6, 6.07) is 19.2. The largest absolute Gasteiger partial charge is 0.300 e. The maximum Gasteiger partial charge on any atom is 0.264 e. The number of thioether (sulfide) groups is 1. The summed E-state index contributed by atoms with van der Waals surface area (Å²) in [4.78, 5) is 17.3. The van der Waals surface area contributed by atoms with Crippen LogP contribution in [0.25, 0.3) is 16.8 Å². The second-order valence-electron chi connectivity index (χ2n) is 5.68. The molecule has 26 heavy (non-hydrogen) atoms. The molecule has 4 rings (SSSR count). The summed E-state index contributed by atoms with van der Waals surface area (Å²) in [6.07, 6.45) is 1.74. The van der Waals surface area contributed by atoms with Gasteiger partial charge in [0.05, 0.1) is 10.6 Å². The molecule has 0 aliphatic carbocycles. The summed E-state index contributed by atoms with van der Waals surface area (Å²) in [5.74, 6) is -0.194. The van der Waals surface area contributed by atoms with E-state index in [1.807, 2.05) is 36.4 Å². The number of hydrogen-bond donors (Lipinski definition) is 1. The molecular formula is C20H12Cl2N2OS. The van der Waals surface area contributed by atoms with Crippen LogP contribution < -0.4 is 5.32 Å². The van der Waals surface area contributed by atoms with Gasteiger partial charge in [-0.25, -0.2) is 4.99 Å². The van der Waals surface area contributed by atoms with Gasteiger partial charge in [-0.1, -0.05) is 59.6 Å². The lowest BCUT2D eigenvalue weighted by Gasteiger charge is -2.00. The molecule has 3 aromatic rings. The number of amides is 1. The Hall–Kier alpha value is -2.27. The maximum absolute atomic E-state index is 12.2. The third kappa shape index (κ3) is 3.63. The van der Waals surface area contributed by atoms with Gasteiger partial charge in [-0.05, 0) is 58.4 Å². The van der Waals surface area contributed by atoms with Gasteiger partial charge in [-0.15, -0.1) is 0 Å². The highest BCUT2D eigenvalue weighted by molar-refractivity contribution is 8.18.